The maximum Gasteiger partial charge on any atom is 5.00 e. The van der Waals surface area contributed by atoms with Gasteiger partial charge in [0, 0.05) is 0 Å². The van der Waals surface area contributed by atoms with Crippen molar-refractivity contribution in [1.29, 1.82) is 0 Å². The maximum absolute atomic E-state index is 0. The fraction of sp³-hybridized carbons (Fsp3) is 0. The molecule has 13 heteroatoms. The molecule has 0 radical (unpaired) electrons. The van der Waals surface area contributed by atoms with Crippen molar-refractivity contribution in [2.24, 2.45) is 0 Å². The van der Waals surface area contributed by atoms with Gasteiger partial charge in [0.25, 0.3) is 0 Å². The minimum Gasteiger partial charge on any atom is -2.00 e. The Kier molecular flexibility index (Phi) is 19900. The van der Waals surface area contributed by atoms with Crippen LogP contribution in [0.1, 0.15) is 0 Å². The molecule has 0 aromatic carbocycles. The van der Waals surface area contributed by atoms with E-state index in [0.717, 1.165) is 0 Å². The van der Waals surface area contributed by atoms with Gasteiger partial charge in [-0.25, -0.2) is 0 Å². The van der Waals surface area contributed by atoms with Gasteiger partial charge in [-0.2, -0.15) is 0 Å². The molecule has 0 aromatic heterocycles. The van der Waals surface area contributed by atoms with Gasteiger partial charge in [0.15, 0.2) is 0 Å². The molecule has 0 bridgehead atoms. The molecule has 13 heavy (non-hydrogen) atoms. The van der Waals surface area contributed by atoms with Crippen LogP contribution in [0.4, 0.5) is 0 Å². The zero-order valence-corrected chi connectivity index (χ0v) is 15.2. The van der Waals surface area contributed by atoms with E-state index in [4.69, 9.17) is 0 Å². The number of rotatable bonds is 0. The van der Waals surface area contributed by atoms with Gasteiger partial charge in [0.05, 0.1) is 0 Å². The van der Waals surface area contributed by atoms with Crippen LogP contribution in [0.15, 0.2) is 0 Å². The summed E-state index contributed by atoms with van der Waals surface area (Å²) in [6, 6.07) is 0. The fourth-order valence-corrected chi connectivity index (χ4v) is 0. The van der Waals surface area contributed by atoms with Gasteiger partial charge in [-0.15, -0.1) is 0 Å². The van der Waals surface area contributed by atoms with E-state index in [1.165, 1.54) is 0 Å². The molecule has 0 aliphatic rings. The first-order chi connectivity index (χ1) is 0. The van der Waals surface area contributed by atoms with E-state index in [1.54, 1.807) is 0 Å². The van der Waals surface area contributed by atoms with Crippen molar-refractivity contribution in [3.05, 3.63) is 0 Å². The quantitative estimate of drug-likeness (QED) is 0.272. The summed E-state index contributed by atoms with van der Waals surface area (Å²) >= 11 is 0. The molecule has 0 N–H and O–H groups in total. The summed E-state index contributed by atoms with van der Waals surface area (Å²) in [5, 5.41) is 0. The summed E-state index contributed by atoms with van der Waals surface area (Å²) in [4.78, 5) is 0. The Hall–Kier alpha value is 2.37. The van der Waals surface area contributed by atoms with E-state index in [-0.39, 0.29) is 133 Å². The monoisotopic (exact) mass is 710 g/mol. The van der Waals surface area contributed by atoms with Gasteiger partial charge in [0.1, 0.15) is 0 Å². The van der Waals surface area contributed by atoms with Gasteiger partial charge in [0.2, 0.25) is 0 Å². The Bertz CT molecular complexity index is 15.6. The van der Waals surface area contributed by atoms with Crippen LogP contribution in [0.2, 0.25) is 0 Å². The van der Waals surface area contributed by atoms with Crippen LogP contribution in [0.3, 0.4) is 0 Å². The minimum atomic E-state index is 0. The van der Waals surface area contributed by atoms with Crippen molar-refractivity contribution in [2.45, 2.75) is 0 Å². The van der Waals surface area contributed by atoms with Crippen molar-refractivity contribution in [2.75, 3.05) is 0 Å². The molecule has 0 aromatic rings. The van der Waals surface area contributed by atoms with Crippen LogP contribution in [0.5, 0.6) is 0 Å². The summed E-state index contributed by atoms with van der Waals surface area (Å²) in [7, 11) is 0. The van der Waals surface area contributed by atoms with E-state index in [9.17, 15) is 0 Å². The first-order valence-electron chi connectivity index (χ1n) is 0. The maximum atomic E-state index is 0. The smallest absolute Gasteiger partial charge is 2.00 e. The first kappa shape index (κ1) is 566. The van der Waals surface area contributed by atoms with Gasteiger partial charge >= 0.3 is 83.7 Å². The Morgan fingerprint density at radius 1 is 0.231 bits per heavy atom. The summed E-state index contributed by atoms with van der Waals surface area (Å²) in [5.41, 5.74) is 0. The molecule has 0 unspecified atom stereocenters. The predicted octanol–water partition coefficient (Wildman–Crippen LogP) is -1.08. The van der Waals surface area contributed by atoms with Crippen LogP contribution in [-0.2, 0) is 133 Å². The van der Waals surface area contributed by atoms with Gasteiger partial charge in [-0.1, -0.05) is 0 Å². The second kappa shape index (κ2) is 458. The summed E-state index contributed by atoms with van der Waals surface area (Å²) in [5.74, 6) is 0. The van der Waals surface area contributed by atoms with Crippen molar-refractivity contribution in [3.63, 3.8) is 0 Å². The Labute approximate surface area is 132 Å². The fourth-order valence-electron chi connectivity index (χ4n) is 0. The van der Waals surface area contributed by atoms with Crippen LogP contribution in [-0.4, -0.2) is 0 Å². The average molecular weight is 708 g/mol. The van der Waals surface area contributed by atoms with Gasteiger partial charge < -0.3 is 49.3 Å². The van der Waals surface area contributed by atoms with Crippen LogP contribution < -0.4 is 0 Å². The zero-order chi connectivity index (χ0) is 0. The predicted molar refractivity (Wildman–Crippen MR) is 6.18 cm³/mol. The van der Waals surface area contributed by atoms with Crippen LogP contribution in [0.25, 0.3) is 0 Å². The Morgan fingerprint density at radius 3 is 0.231 bits per heavy atom. The van der Waals surface area contributed by atoms with E-state index in [1.807, 2.05) is 0 Å². The van der Waals surface area contributed by atoms with Gasteiger partial charge in [-0.3, -0.25) is 0 Å². The summed E-state index contributed by atoms with van der Waals surface area (Å²) in [6.45, 7) is 0. The van der Waals surface area contributed by atoms with Crippen LogP contribution in [0, 0.1) is 0 Å². The largest absolute Gasteiger partial charge is 5.00 e. The zero-order valence-electron chi connectivity index (χ0n) is 5.28. The van der Waals surface area contributed by atoms with Crippen molar-refractivity contribution >= 4 is 0 Å². The minimum absolute atomic E-state index is 0. The third-order valence-electron chi connectivity index (χ3n) is 0. The molecule has 0 amide bonds. The first-order valence-corrected chi connectivity index (χ1v) is 0. The molecule has 0 saturated carbocycles. The molecular formula is O9Ru2Ta2. The molecule has 0 atom stereocenters. The van der Waals surface area contributed by atoms with Crippen molar-refractivity contribution in [1.82, 2.24) is 0 Å². The molecule has 0 fully saturated rings. The topological polar surface area (TPSA) is 256 Å². The molecule has 0 aliphatic heterocycles. The molecule has 0 spiro atoms. The SMILES string of the molecule is [O-2].[O-2].[O-2].[O-2].[O-2].[O-2].[O-2].[O-2].[O-2].[Ru+4].[Ru+4].[Ta+5].[Ta+5]. The van der Waals surface area contributed by atoms with Crippen LogP contribution >= 0.6 is 0 Å². The van der Waals surface area contributed by atoms with Crippen molar-refractivity contribution < 1.29 is 133 Å². The number of hydrogen-bond acceptors (Lipinski definition) is 0. The Balaban J connectivity index is 0. The van der Waals surface area contributed by atoms with E-state index in [2.05, 4.69) is 0 Å². The van der Waals surface area contributed by atoms with E-state index < -0.39 is 0 Å². The molecular weight excluding hydrogens is 708 g/mol. The molecule has 9 nitrogen and oxygen atoms in total. The molecule has 0 saturated heterocycles. The third-order valence-corrected chi connectivity index (χ3v) is 0. The molecule has 80 valence electrons. The summed E-state index contributed by atoms with van der Waals surface area (Å²) in [6.07, 6.45) is 0. The molecule has 0 rings (SSSR count). The number of hydrogen-bond donors (Lipinski definition) is 0. The summed E-state index contributed by atoms with van der Waals surface area (Å²) < 4.78 is 0. The Morgan fingerprint density at radius 2 is 0.231 bits per heavy atom. The average Bonchev–Trinajstić information content (AvgIpc) is 0. The third kappa shape index (κ3) is 392. The second-order valence-electron chi connectivity index (χ2n) is 0. The van der Waals surface area contributed by atoms with E-state index in [0.29, 0.717) is 0 Å². The second-order valence-corrected chi connectivity index (χ2v) is 0. The standard InChI is InChI=1S/9O.2Ru.2Ta/q9*-2;2*+4;2*+5. The molecule has 0 heterocycles. The van der Waals surface area contributed by atoms with Gasteiger partial charge in [-0.05, 0) is 0 Å². The normalized spacial score (nSPS) is 0. The van der Waals surface area contributed by atoms with E-state index >= 15 is 0 Å². The molecule has 0 aliphatic carbocycles. The van der Waals surface area contributed by atoms with Crippen molar-refractivity contribution in [3.8, 4) is 0 Å².